The minimum absolute atomic E-state index is 0.146. The molecule has 8 heteroatoms. The predicted molar refractivity (Wildman–Crippen MR) is 84.0 cm³/mol. The number of rotatable bonds is 6. The Kier molecular flexibility index (Phi) is 5.86. The summed E-state index contributed by atoms with van der Waals surface area (Å²) in [5, 5.41) is 8.88. The van der Waals surface area contributed by atoms with Gasteiger partial charge in [-0.1, -0.05) is 0 Å². The topological polar surface area (TPSA) is 94.5 Å². The molecule has 1 amide bonds. The highest BCUT2D eigenvalue weighted by Gasteiger charge is 2.29. The zero-order chi connectivity index (χ0) is 17.7. The second-order valence-electron chi connectivity index (χ2n) is 5.25. The fraction of sp³-hybridized carbons (Fsp3) is 0.500. The number of carboxylic acids is 1. The van der Waals surface area contributed by atoms with Crippen LogP contribution in [0.15, 0.2) is 12.1 Å². The molecule has 1 aliphatic heterocycles. The van der Waals surface area contributed by atoms with Crippen LogP contribution in [0.5, 0.6) is 17.2 Å². The molecule has 1 unspecified atom stereocenters. The quantitative estimate of drug-likeness (QED) is 0.827. The van der Waals surface area contributed by atoms with Crippen molar-refractivity contribution in [2.45, 2.75) is 12.5 Å². The van der Waals surface area contributed by atoms with Crippen LogP contribution >= 0.6 is 0 Å². The summed E-state index contributed by atoms with van der Waals surface area (Å²) in [5.41, 5.74) is 0.325. The van der Waals surface area contributed by atoms with Crippen molar-refractivity contribution in [3.05, 3.63) is 17.7 Å². The lowest BCUT2D eigenvalue weighted by molar-refractivity contribution is -0.141. The normalized spacial score (nSPS) is 17.3. The van der Waals surface area contributed by atoms with E-state index in [2.05, 4.69) is 0 Å². The van der Waals surface area contributed by atoms with E-state index in [-0.39, 0.29) is 18.9 Å². The highest BCUT2D eigenvalue weighted by atomic mass is 16.5. The molecule has 24 heavy (non-hydrogen) atoms. The number of amides is 1. The molecule has 1 heterocycles. The molecule has 1 aliphatic rings. The number of morpholine rings is 1. The first-order valence-electron chi connectivity index (χ1n) is 7.42. The van der Waals surface area contributed by atoms with Crippen LogP contribution in [0.4, 0.5) is 0 Å². The molecule has 1 saturated heterocycles. The summed E-state index contributed by atoms with van der Waals surface area (Å²) < 4.78 is 21.1. The van der Waals surface area contributed by atoms with Gasteiger partial charge in [0.1, 0.15) is 5.75 Å². The first-order chi connectivity index (χ1) is 11.5. The number of carboxylic acid groups (broad SMARTS) is 1. The van der Waals surface area contributed by atoms with Crippen molar-refractivity contribution < 1.29 is 33.6 Å². The second kappa shape index (κ2) is 7.87. The fourth-order valence-corrected chi connectivity index (χ4v) is 2.59. The number of hydrogen-bond acceptors (Lipinski definition) is 6. The molecule has 0 saturated carbocycles. The Labute approximate surface area is 139 Å². The summed E-state index contributed by atoms with van der Waals surface area (Å²) in [6.07, 6.45) is -0.668. The molecule has 1 aromatic carbocycles. The van der Waals surface area contributed by atoms with Crippen LogP contribution in [0.25, 0.3) is 0 Å². The largest absolute Gasteiger partial charge is 0.496 e. The van der Waals surface area contributed by atoms with Crippen molar-refractivity contribution in [1.29, 1.82) is 0 Å². The third-order valence-corrected chi connectivity index (χ3v) is 3.76. The Balaban J connectivity index is 2.26. The summed E-state index contributed by atoms with van der Waals surface area (Å²) >= 11 is 0. The van der Waals surface area contributed by atoms with Crippen LogP contribution in [0.1, 0.15) is 16.8 Å². The second-order valence-corrected chi connectivity index (χ2v) is 5.25. The van der Waals surface area contributed by atoms with E-state index in [0.29, 0.717) is 36.0 Å². The van der Waals surface area contributed by atoms with Gasteiger partial charge in [-0.2, -0.15) is 0 Å². The molecule has 0 spiro atoms. The number of nitrogens with zero attached hydrogens (tertiary/aromatic N) is 1. The molecular weight excluding hydrogens is 318 g/mol. The van der Waals surface area contributed by atoms with Gasteiger partial charge in [0.25, 0.3) is 5.91 Å². The summed E-state index contributed by atoms with van der Waals surface area (Å²) in [7, 11) is 4.44. The molecule has 2 rings (SSSR count). The molecule has 132 valence electrons. The lowest BCUT2D eigenvalue weighted by Gasteiger charge is -2.32. The smallest absolute Gasteiger partial charge is 0.306 e. The highest BCUT2D eigenvalue weighted by Crippen LogP contribution is 2.35. The van der Waals surface area contributed by atoms with Crippen molar-refractivity contribution in [3.8, 4) is 17.2 Å². The van der Waals surface area contributed by atoms with Crippen LogP contribution < -0.4 is 14.2 Å². The number of methoxy groups -OCH3 is 3. The van der Waals surface area contributed by atoms with Gasteiger partial charge in [-0.05, 0) is 0 Å². The molecule has 1 atom stereocenters. The minimum atomic E-state index is -0.960. The Bertz CT molecular complexity index is 617. The maximum absolute atomic E-state index is 12.8. The van der Waals surface area contributed by atoms with E-state index in [1.165, 1.54) is 21.3 Å². The van der Waals surface area contributed by atoms with Gasteiger partial charge in [-0.3, -0.25) is 9.59 Å². The SMILES string of the molecule is COc1cc(OC)c(C(=O)N2CCOC(CC(=O)O)C2)cc1OC. The summed E-state index contributed by atoms with van der Waals surface area (Å²) in [4.78, 5) is 25.2. The number of ether oxygens (including phenoxy) is 4. The average Bonchev–Trinajstić information content (AvgIpc) is 2.59. The Hall–Kier alpha value is -2.48. The van der Waals surface area contributed by atoms with E-state index in [1.54, 1.807) is 17.0 Å². The van der Waals surface area contributed by atoms with Crippen molar-refractivity contribution in [3.63, 3.8) is 0 Å². The average molecular weight is 339 g/mol. The van der Waals surface area contributed by atoms with Crippen LogP contribution in [0.2, 0.25) is 0 Å². The number of benzene rings is 1. The number of hydrogen-bond donors (Lipinski definition) is 1. The summed E-state index contributed by atoms with van der Waals surface area (Å²) in [5.74, 6) is -0.00274. The van der Waals surface area contributed by atoms with Gasteiger partial charge in [-0.25, -0.2) is 0 Å². The number of carbonyl (C=O) groups is 2. The van der Waals surface area contributed by atoms with E-state index in [0.717, 1.165) is 0 Å². The Morgan fingerprint density at radius 2 is 1.79 bits per heavy atom. The Morgan fingerprint density at radius 1 is 1.17 bits per heavy atom. The molecule has 8 nitrogen and oxygen atoms in total. The first kappa shape index (κ1) is 17.9. The van der Waals surface area contributed by atoms with Gasteiger partial charge in [0, 0.05) is 25.2 Å². The summed E-state index contributed by atoms with van der Waals surface area (Å²) in [6.45, 7) is 0.883. The molecule has 0 radical (unpaired) electrons. The predicted octanol–water partition coefficient (Wildman–Crippen LogP) is 1.03. The van der Waals surface area contributed by atoms with Gasteiger partial charge >= 0.3 is 5.97 Å². The zero-order valence-electron chi connectivity index (χ0n) is 13.9. The molecule has 0 aliphatic carbocycles. The molecule has 0 aromatic heterocycles. The standard InChI is InChI=1S/C16H21NO7/c1-21-12-8-14(23-3)13(22-2)7-11(12)16(20)17-4-5-24-10(9-17)6-15(18)19/h7-8,10H,4-6,9H2,1-3H3,(H,18,19). The highest BCUT2D eigenvalue weighted by molar-refractivity contribution is 5.98. The van der Waals surface area contributed by atoms with E-state index in [4.69, 9.17) is 24.1 Å². The van der Waals surface area contributed by atoms with Gasteiger partial charge in [0.05, 0.1) is 46.0 Å². The monoisotopic (exact) mass is 339 g/mol. The fourth-order valence-electron chi connectivity index (χ4n) is 2.59. The van der Waals surface area contributed by atoms with Crippen molar-refractivity contribution >= 4 is 11.9 Å². The van der Waals surface area contributed by atoms with Crippen molar-refractivity contribution in [2.24, 2.45) is 0 Å². The van der Waals surface area contributed by atoms with Crippen LogP contribution in [-0.2, 0) is 9.53 Å². The third kappa shape index (κ3) is 3.88. The summed E-state index contributed by atoms with van der Waals surface area (Å²) in [6, 6.07) is 3.14. The Morgan fingerprint density at radius 3 is 2.38 bits per heavy atom. The van der Waals surface area contributed by atoms with Crippen molar-refractivity contribution in [1.82, 2.24) is 4.90 Å². The maximum Gasteiger partial charge on any atom is 0.306 e. The van der Waals surface area contributed by atoms with Crippen LogP contribution in [-0.4, -0.2) is 69.0 Å². The van der Waals surface area contributed by atoms with E-state index < -0.39 is 12.1 Å². The molecule has 1 fully saturated rings. The molecular formula is C16H21NO7. The first-order valence-corrected chi connectivity index (χ1v) is 7.42. The lowest BCUT2D eigenvalue weighted by atomic mass is 10.1. The van der Waals surface area contributed by atoms with Crippen LogP contribution in [0.3, 0.4) is 0 Å². The van der Waals surface area contributed by atoms with E-state index in [9.17, 15) is 9.59 Å². The minimum Gasteiger partial charge on any atom is -0.496 e. The van der Waals surface area contributed by atoms with E-state index >= 15 is 0 Å². The zero-order valence-corrected chi connectivity index (χ0v) is 13.9. The number of carbonyl (C=O) groups excluding carboxylic acids is 1. The van der Waals surface area contributed by atoms with Gasteiger partial charge in [0.2, 0.25) is 0 Å². The molecule has 1 aromatic rings. The molecule has 0 bridgehead atoms. The van der Waals surface area contributed by atoms with Crippen molar-refractivity contribution in [2.75, 3.05) is 41.0 Å². The van der Waals surface area contributed by atoms with Gasteiger partial charge < -0.3 is 29.0 Å². The van der Waals surface area contributed by atoms with Gasteiger partial charge in [-0.15, -0.1) is 0 Å². The number of aliphatic carboxylic acids is 1. The third-order valence-electron chi connectivity index (χ3n) is 3.76. The van der Waals surface area contributed by atoms with Crippen LogP contribution in [0, 0.1) is 0 Å². The lowest BCUT2D eigenvalue weighted by Crippen LogP contribution is -2.46. The van der Waals surface area contributed by atoms with E-state index in [1.807, 2.05) is 0 Å². The van der Waals surface area contributed by atoms with Gasteiger partial charge in [0.15, 0.2) is 11.5 Å². The molecule has 1 N–H and O–H groups in total. The maximum atomic E-state index is 12.8.